The molecule has 1 spiro atoms. The number of carbonyl (C=O) groups is 1. The van der Waals surface area contributed by atoms with Gasteiger partial charge in [-0.2, -0.15) is 0 Å². The van der Waals surface area contributed by atoms with Gasteiger partial charge in [0.05, 0.1) is 18.1 Å². The summed E-state index contributed by atoms with van der Waals surface area (Å²) in [5.41, 5.74) is 0.867. The summed E-state index contributed by atoms with van der Waals surface area (Å²) in [6, 6.07) is 4.54. The number of nitrogens with zero attached hydrogens (tertiary/aromatic N) is 1. The average Bonchev–Trinajstić information content (AvgIpc) is 3.51. The first-order valence-electron chi connectivity index (χ1n) is 11.8. The van der Waals surface area contributed by atoms with Gasteiger partial charge >= 0.3 is 0 Å². The summed E-state index contributed by atoms with van der Waals surface area (Å²) in [5, 5.41) is 0. The predicted molar refractivity (Wildman–Crippen MR) is 121 cm³/mol. The van der Waals surface area contributed by atoms with Crippen LogP contribution >= 0.6 is 12.4 Å². The van der Waals surface area contributed by atoms with Crippen molar-refractivity contribution in [3.05, 3.63) is 23.3 Å². The Morgan fingerprint density at radius 2 is 2.06 bits per heavy atom. The highest BCUT2D eigenvalue weighted by Gasteiger charge is 2.78. The molecule has 6 rings (SSSR count). The van der Waals surface area contributed by atoms with Gasteiger partial charge in [0, 0.05) is 31.2 Å². The molecule has 0 N–H and O–H groups in total. The lowest BCUT2D eigenvalue weighted by Gasteiger charge is -2.66. The Morgan fingerprint density at radius 3 is 2.77 bits per heavy atom. The normalized spacial score (nSPS) is 37.6. The lowest BCUT2D eigenvalue weighted by Crippen LogP contribution is -2.80. The van der Waals surface area contributed by atoms with Crippen LogP contribution in [0.2, 0.25) is 0 Å². The van der Waals surface area contributed by atoms with E-state index in [9.17, 15) is 4.79 Å². The van der Waals surface area contributed by atoms with Crippen LogP contribution in [0.1, 0.15) is 63.5 Å². The second-order valence-corrected chi connectivity index (χ2v) is 10.2. The van der Waals surface area contributed by atoms with Gasteiger partial charge in [-0.15, -0.1) is 12.4 Å². The van der Waals surface area contributed by atoms with E-state index in [1.54, 1.807) is 7.11 Å². The van der Waals surface area contributed by atoms with Crippen LogP contribution < -0.4 is 9.47 Å². The van der Waals surface area contributed by atoms with Gasteiger partial charge in [-0.25, -0.2) is 0 Å². The number of carbonyl (C=O) groups excluding carboxylic acids is 1. The third kappa shape index (κ3) is 2.49. The summed E-state index contributed by atoms with van der Waals surface area (Å²) in [7, 11) is 1.69. The summed E-state index contributed by atoms with van der Waals surface area (Å²) in [6.07, 6.45) is 6.90. The van der Waals surface area contributed by atoms with Gasteiger partial charge < -0.3 is 14.2 Å². The SMILES string of the molecule is CCCOC12CCC(=O)[C@]3(C)Oc4c(OC)ccc5c4[C@]13CCN(CC1CC1)[C@@H]2C5.Cl. The van der Waals surface area contributed by atoms with E-state index < -0.39 is 11.0 Å². The average molecular weight is 448 g/mol. The topological polar surface area (TPSA) is 48.0 Å². The highest BCUT2D eigenvalue weighted by molar-refractivity contribution is 5.94. The van der Waals surface area contributed by atoms with Crippen LogP contribution in [0.3, 0.4) is 0 Å². The Balaban J connectivity index is 0.00000204. The molecule has 1 unspecified atom stereocenters. The molecule has 31 heavy (non-hydrogen) atoms. The van der Waals surface area contributed by atoms with Gasteiger partial charge in [-0.05, 0) is 69.5 Å². The van der Waals surface area contributed by atoms with E-state index in [1.807, 2.05) is 13.0 Å². The Kier molecular flexibility index (Phi) is 4.93. The smallest absolute Gasteiger partial charge is 0.177 e. The van der Waals surface area contributed by atoms with Gasteiger partial charge in [0.1, 0.15) is 0 Å². The fourth-order valence-electron chi connectivity index (χ4n) is 7.41. The number of ketones is 1. The summed E-state index contributed by atoms with van der Waals surface area (Å²) >= 11 is 0. The second-order valence-electron chi connectivity index (χ2n) is 10.2. The van der Waals surface area contributed by atoms with Crippen LogP contribution in [0.5, 0.6) is 11.5 Å². The first-order chi connectivity index (χ1) is 14.5. The molecule has 2 saturated carbocycles. The van der Waals surface area contributed by atoms with Crippen molar-refractivity contribution in [1.82, 2.24) is 4.90 Å². The van der Waals surface area contributed by atoms with Crippen LogP contribution in [0, 0.1) is 5.92 Å². The Hall–Kier alpha value is -1.30. The summed E-state index contributed by atoms with van der Waals surface area (Å²) in [6.45, 7) is 7.13. The standard InChI is InChI=1S/C25H33NO4.ClH/c1-4-13-29-25-10-9-20(27)23(2)24(25)11-12-26(15-16-5-6-16)19(25)14-17-7-8-18(28-3)22(30-23)21(17)24;/h7-8,16,19H,4-6,9-15H2,1-3H3;1H/t19-,23+,24+,25?;/m1./s1. The Labute approximate surface area is 191 Å². The van der Waals surface area contributed by atoms with Crippen molar-refractivity contribution in [3.63, 3.8) is 0 Å². The zero-order valence-corrected chi connectivity index (χ0v) is 19.7. The first-order valence-corrected chi connectivity index (χ1v) is 11.8. The van der Waals surface area contributed by atoms with Crippen LogP contribution in [-0.2, 0) is 21.4 Å². The fourth-order valence-corrected chi connectivity index (χ4v) is 7.41. The van der Waals surface area contributed by atoms with Crippen molar-refractivity contribution in [3.8, 4) is 11.5 Å². The molecule has 1 aromatic carbocycles. The van der Waals surface area contributed by atoms with E-state index in [1.165, 1.54) is 30.5 Å². The van der Waals surface area contributed by atoms with E-state index in [4.69, 9.17) is 14.2 Å². The van der Waals surface area contributed by atoms with Crippen molar-refractivity contribution in [2.24, 2.45) is 5.92 Å². The Morgan fingerprint density at radius 1 is 1.26 bits per heavy atom. The second kappa shape index (κ2) is 7.10. The number of rotatable bonds is 6. The quantitative estimate of drug-likeness (QED) is 0.657. The maximum atomic E-state index is 13.5. The van der Waals surface area contributed by atoms with Crippen molar-refractivity contribution < 1.29 is 19.0 Å². The van der Waals surface area contributed by atoms with Crippen LogP contribution in [-0.4, -0.2) is 54.7 Å². The van der Waals surface area contributed by atoms with Gasteiger partial charge in [0.25, 0.3) is 0 Å². The lowest BCUT2D eigenvalue weighted by atomic mass is 9.45. The van der Waals surface area contributed by atoms with Crippen LogP contribution in [0.4, 0.5) is 0 Å². The number of ether oxygens (including phenoxy) is 3. The highest BCUT2D eigenvalue weighted by Crippen LogP contribution is 2.69. The molecular weight excluding hydrogens is 414 g/mol. The van der Waals surface area contributed by atoms with Gasteiger partial charge in [0.2, 0.25) is 0 Å². The molecule has 4 atom stereocenters. The zero-order chi connectivity index (χ0) is 20.7. The fraction of sp³-hybridized carbons (Fsp3) is 0.720. The number of halogens is 1. The lowest BCUT2D eigenvalue weighted by molar-refractivity contribution is -0.231. The van der Waals surface area contributed by atoms with Crippen LogP contribution in [0.15, 0.2) is 12.1 Å². The van der Waals surface area contributed by atoms with Crippen molar-refractivity contribution in [2.75, 3.05) is 26.8 Å². The predicted octanol–water partition coefficient (Wildman–Crippen LogP) is 4.07. The summed E-state index contributed by atoms with van der Waals surface area (Å²) < 4.78 is 19.3. The molecule has 170 valence electrons. The van der Waals surface area contributed by atoms with Gasteiger partial charge in [0.15, 0.2) is 22.9 Å². The third-order valence-corrected chi connectivity index (χ3v) is 8.87. The van der Waals surface area contributed by atoms with Gasteiger partial charge in [-0.3, -0.25) is 9.69 Å². The van der Waals surface area contributed by atoms with Crippen molar-refractivity contribution in [2.45, 2.75) is 81.5 Å². The minimum atomic E-state index is -0.880. The van der Waals surface area contributed by atoms with E-state index in [-0.39, 0.29) is 23.8 Å². The van der Waals surface area contributed by atoms with E-state index in [2.05, 4.69) is 17.9 Å². The number of hydrogen-bond acceptors (Lipinski definition) is 5. The summed E-state index contributed by atoms with van der Waals surface area (Å²) in [4.78, 5) is 16.2. The van der Waals surface area contributed by atoms with Crippen molar-refractivity contribution >= 4 is 18.2 Å². The zero-order valence-electron chi connectivity index (χ0n) is 18.9. The molecule has 0 aromatic heterocycles. The molecule has 3 aliphatic carbocycles. The number of benzene rings is 1. The molecule has 2 aliphatic heterocycles. The molecule has 0 amide bonds. The number of Topliss-reactive ketones (excluding diaryl/α,β-unsaturated/α-hetero) is 1. The minimum Gasteiger partial charge on any atom is -0.493 e. The molecule has 1 saturated heterocycles. The molecule has 1 aromatic rings. The maximum absolute atomic E-state index is 13.5. The molecule has 3 fully saturated rings. The first kappa shape index (κ1) is 21.5. The molecule has 5 nitrogen and oxygen atoms in total. The van der Waals surface area contributed by atoms with E-state index in [0.717, 1.165) is 56.3 Å². The van der Waals surface area contributed by atoms with E-state index in [0.29, 0.717) is 12.5 Å². The molecule has 6 heteroatoms. The van der Waals surface area contributed by atoms with Gasteiger partial charge in [-0.1, -0.05) is 13.0 Å². The van der Waals surface area contributed by atoms with E-state index >= 15 is 0 Å². The van der Waals surface area contributed by atoms with Crippen molar-refractivity contribution in [1.29, 1.82) is 0 Å². The minimum absolute atomic E-state index is 0. The molecule has 2 bridgehead atoms. The summed E-state index contributed by atoms with van der Waals surface area (Å²) in [5.74, 6) is 2.60. The molecule has 0 radical (unpaired) electrons. The largest absolute Gasteiger partial charge is 0.493 e. The maximum Gasteiger partial charge on any atom is 0.177 e. The molecule has 5 aliphatic rings. The number of piperidine rings is 1. The Bertz CT molecular complexity index is 917. The number of likely N-dealkylation sites (tertiary alicyclic amines) is 1. The highest BCUT2D eigenvalue weighted by atomic mass is 35.5. The monoisotopic (exact) mass is 447 g/mol. The number of methoxy groups -OCH3 is 1. The van der Waals surface area contributed by atoms with Crippen LogP contribution in [0.25, 0.3) is 0 Å². The third-order valence-electron chi connectivity index (χ3n) is 8.87. The molecule has 2 heterocycles. The molecular formula is C25H34ClNO4. The number of hydrogen-bond donors (Lipinski definition) is 0.